The van der Waals surface area contributed by atoms with Crippen LogP contribution in [0.2, 0.25) is 5.02 Å². The van der Waals surface area contributed by atoms with E-state index in [2.05, 4.69) is 5.32 Å². The van der Waals surface area contributed by atoms with Gasteiger partial charge in [0.2, 0.25) is 0 Å². The summed E-state index contributed by atoms with van der Waals surface area (Å²) in [7, 11) is 0. The highest BCUT2D eigenvalue weighted by Gasteiger charge is 2.29. The van der Waals surface area contributed by atoms with Crippen molar-refractivity contribution in [2.45, 2.75) is 77.9 Å². The van der Waals surface area contributed by atoms with Crippen molar-refractivity contribution in [3.05, 3.63) is 64.4 Å². The maximum absolute atomic E-state index is 13.1. The Morgan fingerprint density at radius 1 is 1.00 bits per heavy atom. The second kappa shape index (κ2) is 13.0. The summed E-state index contributed by atoms with van der Waals surface area (Å²) in [6.07, 6.45) is 4.93. The first-order valence-corrected chi connectivity index (χ1v) is 13.1. The molecule has 0 radical (unpaired) electrons. The number of benzene rings is 2. The average molecular weight is 516 g/mol. The van der Waals surface area contributed by atoms with Crippen LogP contribution >= 0.6 is 11.6 Å². The van der Waals surface area contributed by atoms with Gasteiger partial charge in [-0.15, -0.1) is 0 Å². The molecule has 0 spiro atoms. The topological polar surface area (TPSA) is 72.5 Å². The van der Waals surface area contributed by atoms with Gasteiger partial charge in [-0.25, -0.2) is 4.39 Å². The lowest BCUT2D eigenvalue weighted by molar-refractivity contribution is -0.121. The van der Waals surface area contributed by atoms with Crippen molar-refractivity contribution in [3.63, 3.8) is 0 Å². The number of Topliss-reactive ketones (excluding diaryl/α,β-unsaturated/α-hetero) is 2. The van der Waals surface area contributed by atoms with Crippen LogP contribution in [0.4, 0.5) is 4.39 Å². The molecule has 1 amide bonds. The Morgan fingerprint density at radius 2 is 1.61 bits per heavy atom. The molecule has 1 unspecified atom stereocenters. The predicted octanol–water partition coefficient (Wildman–Crippen LogP) is 6.81. The molecule has 1 atom stereocenters. The minimum absolute atomic E-state index is 0.00261. The molecule has 0 heterocycles. The highest BCUT2D eigenvalue weighted by Crippen LogP contribution is 2.34. The smallest absolute Gasteiger partial charge is 0.251 e. The summed E-state index contributed by atoms with van der Waals surface area (Å²) in [6.45, 7) is 5.60. The lowest BCUT2D eigenvalue weighted by atomic mass is 9.76. The molecule has 0 bridgehead atoms. The summed E-state index contributed by atoms with van der Waals surface area (Å²) in [5, 5.41) is 3.27. The molecule has 2 aromatic carbocycles. The number of hydrogen-bond acceptors (Lipinski definition) is 4. The molecule has 194 valence electrons. The van der Waals surface area contributed by atoms with Crippen LogP contribution in [0.5, 0.6) is 5.75 Å². The summed E-state index contributed by atoms with van der Waals surface area (Å²) in [5.74, 6) is 0.444. The van der Waals surface area contributed by atoms with Gasteiger partial charge in [-0.3, -0.25) is 14.4 Å². The molecule has 1 fully saturated rings. The van der Waals surface area contributed by atoms with E-state index in [9.17, 15) is 18.8 Å². The molecular weight excluding hydrogens is 481 g/mol. The van der Waals surface area contributed by atoms with Crippen LogP contribution in [-0.2, 0) is 4.79 Å². The Kier molecular flexibility index (Phi) is 10.1. The number of amides is 1. The van der Waals surface area contributed by atoms with Crippen molar-refractivity contribution in [2.24, 2.45) is 11.8 Å². The van der Waals surface area contributed by atoms with E-state index in [-0.39, 0.29) is 35.3 Å². The molecule has 0 saturated heterocycles. The fraction of sp³-hybridized carbons (Fsp3) is 0.483. The molecule has 3 rings (SSSR count). The number of carbonyl (C=O) groups is 3. The summed E-state index contributed by atoms with van der Waals surface area (Å²) in [6, 6.07) is 10.0. The van der Waals surface area contributed by atoms with Crippen molar-refractivity contribution in [1.82, 2.24) is 5.32 Å². The van der Waals surface area contributed by atoms with E-state index in [1.54, 1.807) is 25.1 Å². The summed E-state index contributed by atoms with van der Waals surface area (Å²) >= 11 is 6.28. The third kappa shape index (κ3) is 7.89. The molecule has 1 saturated carbocycles. The molecule has 36 heavy (non-hydrogen) atoms. The van der Waals surface area contributed by atoms with Crippen molar-refractivity contribution >= 4 is 29.1 Å². The van der Waals surface area contributed by atoms with Crippen LogP contribution in [0, 0.1) is 17.7 Å². The van der Waals surface area contributed by atoms with E-state index >= 15 is 0 Å². The van der Waals surface area contributed by atoms with E-state index in [0.717, 1.165) is 25.7 Å². The molecule has 0 aromatic heterocycles. The maximum atomic E-state index is 13.1. The Labute approximate surface area is 217 Å². The fourth-order valence-corrected chi connectivity index (χ4v) is 5.00. The van der Waals surface area contributed by atoms with Crippen LogP contribution in [-0.4, -0.2) is 29.6 Å². The molecular formula is C29H35ClFNO4. The lowest BCUT2D eigenvalue weighted by Crippen LogP contribution is -2.42. The average Bonchev–Trinajstić information content (AvgIpc) is 2.85. The normalized spacial score (nSPS) is 18.5. The first-order valence-electron chi connectivity index (χ1n) is 12.7. The first-order chi connectivity index (χ1) is 17.2. The molecule has 1 aliphatic rings. The third-order valence-electron chi connectivity index (χ3n) is 6.77. The molecule has 1 N–H and O–H groups in total. The zero-order valence-corrected chi connectivity index (χ0v) is 21.9. The number of rotatable bonds is 11. The quantitative estimate of drug-likeness (QED) is 0.333. The van der Waals surface area contributed by atoms with Crippen molar-refractivity contribution in [3.8, 4) is 5.75 Å². The predicted molar refractivity (Wildman–Crippen MR) is 139 cm³/mol. The second-order valence-corrected chi connectivity index (χ2v) is 10.3. The van der Waals surface area contributed by atoms with Gasteiger partial charge in [0, 0.05) is 24.0 Å². The number of halogens is 2. The van der Waals surface area contributed by atoms with Gasteiger partial charge >= 0.3 is 0 Å². The van der Waals surface area contributed by atoms with E-state index in [0.29, 0.717) is 47.1 Å². The first kappa shape index (κ1) is 27.9. The van der Waals surface area contributed by atoms with E-state index in [1.165, 1.54) is 24.3 Å². The van der Waals surface area contributed by atoms with Gasteiger partial charge < -0.3 is 10.1 Å². The Balaban J connectivity index is 1.54. The number of nitrogens with one attached hydrogen (secondary N) is 1. The van der Waals surface area contributed by atoms with Crippen molar-refractivity contribution in [1.29, 1.82) is 0 Å². The van der Waals surface area contributed by atoms with E-state index in [1.807, 2.05) is 13.8 Å². The molecule has 0 aliphatic heterocycles. The summed E-state index contributed by atoms with van der Waals surface area (Å²) < 4.78 is 18.7. The minimum atomic E-state index is -0.560. The van der Waals surface area contributed by atoms with Gasteiger partial charge in [0.25, 0.3) is 5.91 Å². The van der Waals surface area contributed by atoms with Crippen LogP contribution in [0.1, 0.15) is 86.4 Å². The fourth-order valence-electron chi connectivity index (χ4n) is 4.77. The highest BCUT2D eigenvalue weighted by molar-refractivity contribution is 6.32. The summed E-state index contributed by atoms with van der Waals surface area (Å²) in [4.78, 5) is 38.1. The van der Waals surface area contributed by atoms with Gasteiger partial charge in [-0.05, 0) is 87.4 Å². The second-order valence-electron chi connectivity index (χ2n) is 9.91. The van der Waals surface area contributed by atoms with Gasteiger partial charge in [0.05, 0.1) is 17.2 Å². The van der Waals surface area contributed by atoms with E-state index in [4.69, 9.17) is 16.3 Å². The minimum Gasteiger partial charge on any atom is -0.489 e. The standard InChI is InChI=1S/C29H35ClFNO4/c1-4-26(33)25(32-29(35)22-11-14-28(24(30)17-22)36-18(2)3)15-19-5-7-20(8-6-19)16-27(34)21-9-12-23(31)13-10-21/h9-14,17-20,25H,4-8,15-16H2,1-3H3,(H,32,35). The van der Waals surface area contributed by atoms with E-state index < -0.39 is 6.04 Å². The number of ether oxygens (including phenoxy) is 1. The lowest BCUT2D eigenvalue weighted by Gasteiger charge is -2.30. The molecule has 7 heteroatoms. The summed E-state index contributed by atoms with van der Waals surface area (Å²) in [5.41, 5.74) is 0.923. The SMILES string of the molecule is CCC(=O)C(CC1CCC(CC(=O)c2ccc(F)cc2)CC1)NC(=O)c1ccc(OC(C)C)c(Cl)c1. The van der Waals surface area contributed by atoms with Crippen LogP contribution < -0.4 is 10.1 Å². The Morgan fingerprint density at radius 3 is 2.19 bits per heavy atom. The maximum Gasteiger partial charge on any atom is 0.251 e. The van der Waals surface area contributed by atoms with Crippen molar-refractivity contribution in [2.75, 3.05) is 0 Å². The molecule has 1 aliphatic carbocycles. The zero-order valence-electron chi connectivity index (χ0n) is 21.2. The van der Waals surface area contributed by atoms with Crippen LogP contribution in [0.25, 0.3) is 0 Å². The number of ketones is 2. The van der Waals surface area contributed by atoms with Gasteiger partial charge in [-0.2, -0.15) is 0 Å². The Bertz CT molecular complexity index is 1060. The van der Waals surface area contributed by atoms with Gasteiger partial charge in [-0.1, -0.05) is 31.4 Å². The third-order valence-corrected chi connectivity index (χ3v) is 7.07. The van der Waals surface area contributed by atoms with Crippen LogP contribution in [0.15, 0.2) is 42.5 Å². The van der Waals surface area contributed by atoms with Crippen LogP contribution in [0.3, 0.4) is 0 Å². The van der Waals surface area contributed by atoms with Gasteiger partial charge in [0.15, 0.2) is 11.6 Å². The van der Waals surface area contributed by atoms with Crippen molar-refractivity contribution < 1.29 is 23.5 Å². The highest BCUT2D eigenvalue weighted by atomic mass is 35.5. The number of hydrogen-bond donors (Lipinski definition) is 1. The number of carbonyl (C=O) groups excluding carboxylic acids is 3. The monoisotopic (exact) mass is 515 g/mol. The Hall–Kier alpha value is -2.73. The van der Waals surface area contributed by atoms with Gasteiger partial charge in [0.1, 0.15) is 11.6 Å². The molecule has 2 aromatic rings. The molecule has 5 nitrogen and oxygen atoms in total. The zero-order chi connectivity index (χ0) is 26.2. The largest absolute Gasteiger partial charge is 0.489 e.